The van der Waals surface area contributed by atoms with Gasteiger partial charge in [0.1, 0.15) is 0 Å². The number of anilines is 1. The average Bonchev–Trinajstić information content (AvgIpc) is 2.39. The average molecular weight is 258 g/mol. The quantitative estimate of drug-likeness (QED) is 0.673. The van der Waals surface area contributed by atoms with Gasteiger partial charge in [-0.1, -0.05) is 0 Å². The number of aromatic nitrogens is 2. The lowest BCUT2D eigenvalue weighted by atomic mass is 10.1. The number of aryl methyl sites for hydroxylation is 1. The van der Waals surface area contributed by atoms with Gasteiger partial charge in [0.25, 0.3) is 5.69 Å². The van der Waals surface area contributed by atoms with E-state index in [2.05, 4.69) is 15.3 Å². The van der Waals surface area contributed by atoms with Crippen LogP contribution in [0.25, 0.3) is 0 Å². The molecule has 6 nitrogen and oxygen atoms in total. The first-order valence-corrected chi connectivity index (χ1v) is 5.85. The van der Waals surface area contributed by atoms with Crippen LogP contribution < -0.4 is 5.32 Å². The van der Waals surface area contributed by atoms with E-state index < -0.39 is 0 Å². The molecular formula is C13H14N4O2. The predicted octanol–water partition coefficient (Wildman–Crippen LogP) is 2.87. The van der Waals surface area contributed by atoms with E-state index in [1.165, 1.54) is 6.07 Å². The summed E-state index contributed by atoms with van der Waals surface area (Å²) in [5, 5.41) is 14.0. The van der Waals surface area contributed by atoms with Crippen molar-refractivity contribution in [2.75, 3.05) is 5.32 Å². The zero-order chi connectivity index (χ0) is 13.8. The molecular weight excluding hydrogens is 244 g/mol. The highest BCUT2D eigenvalue weighted by Gasteiger charge is 2.12. The number of nitrogens with one attached hydrogen (secondary N) is 1. The van der Waals surface area contributed by atoms with Crippen molar-refractivity contribution in [3.63, 3.8) is 0 Å². The molecule has 1 unspecified atom stereocenters. The van der Waals surface area contributed by atoms with Crippen LogP contribution in [-0.4, -0.2) is 14.9 Å². The minimum atomic E-state index is -0.384. The van der Waals surface area contributed by atoms with Gasteiger partial charge in [0.2, 0.25) is 0 Å². The van der Waals surface area contributed by atoms with E-state index in [0.29, 0.717) is 5.56 Å². The third-order valence-electron chi connectivity index (χ3n) is 2.80. The van der Waals surface area contributed by atoms with E-state index in [9.17, 15) is 10.1 Å². The van der Waals surface area contributed by atoms with Gasteiger partial charge < -0.3 is 5.32 Å². The number of rotatable bonds is 4. The van der Waals surface area contributed by atoms with Crippen LogP contribution in [0.5, 0.6) is 0 Å². The van der Waals surface area contributed by atoms with Gasteiger partial charge in [-0.15, -0.1) is 0 Å². The number of nitro benzene ring substituents is 1. The molecule has 2 rings (SSSR count). The summed E-state index contributed by atoms with van der Waals surface area (Å²) in [7, 11) is 0. The summed E-state index contributed by atoms with van der Waals surface area (Å²) < 4.78 is 0. The van der Waals surface area contributed by atoms with E-state index in [0.717, 1.165) is 11.4 Å². The minimum absolute atomic E-state index is 0.0189. The second-order valence-corrected chi connectivity index (χ2v) is 4.25. The maximum Gasteiger partial charge on any atom is 0.272 e. The fourth-order valence-corrected chi connectivity index (χ4v) is 1.81. The first-order valence-electron chi connectivity index (χ1n) is 5.85. The lowest BCUT2D eigenvalue weighted by molar-refractivity contribution is -0.385. The summed E-state index contributed by atoms with van der Waals surface area (Å²) >= 11 is 0. The molecule has 0 amide bonds. The van der Waals surface area contributed by atoms with Crippen molar-refractivity contribution in [1.29, 1.82) is 0 Å². The van der Waals surface area contributed by atoms with E-state index in [1.54, 1.807) is 37.6 Å². The Bertz CT molecular complexity index is 586. The summed E-state index contributed by atoms with van der Waals surface area (Å²) in [6.45, 7) is 3.68. The molecule has 1 atom stereocenters. The van der Waals surface area contributed by atoms with Crippen LogP contribution in [0.2, 0.25) is 0 Å². The number of nitrogens with zero attached hydrogens (tertiary/aromatic N) is 3. The minimum Gasteiger partial charge on any atom is -0.377 e. The van der Waals surface area contributed by atoms with Crippen LogP contribution in [0.4, 0.5) is 11.4 Å². The first kappa shape index (κ1) is 12.9. The Morgan fingerprint density at radius 2 is 2.16 bits per heavy atom. The molecule has 19 heavy (non-hydrogen) atoms. The molecule has 0 saturated heterocycles. The Balaban J connectivity index is 2.16. The molecule has 0 aliphatic carbocycles. The Kier molecular flexibility index (Phi) is 3.70. The molecule has 2 aromatic rings. The molecule has 0 bridgehead atoms. The highest BCUT2D eigenvalue weighted by atomic mass is 16.6. The number of benzene rings is 1. The highest BCUT2D eigenvalue weighted by molar-refractivity contribution is 5.54. The molecule has 1 aromatic carbocycles. The molecule has 98 valence electrons. The SMILES string of the molecule is Cc1cc(NC(C)c2cnccn2)ccc1[N+](=O)[O-]. The van der Waals surface area contributed by atoms with Crippen LogP contribution in [0.15, 0.2) is 36.8 Å². The molecule has 0 fully saturated rings. The molecule has 6 heteroatoms. The van der Waals surface area contributed by atoms with Crippen LogP contribution in [0, 0.1) is 17.0 Å². The molecule has 1 aromatic heterocycles. The molecule has 0 spiro atoms. The fourth-order valence-electron chi connectivity index (χ4n) is 1.81. The first-order chi connectivity index (χ1) is 9.08. The number of hydrogen-bond acceptors (Lipinski definition) is 5. The largest absolute Gasteiger partial charge is 0.377 e. The molecule has 1 N–H and O–H groups in total. The molecule has 0 aliphatic heterocycles. The summed E-state index contributed by atoms with van der Waals surface area (Å²) in [6, 6.07) is 4.93. The van der Waals surface area contributed by atoms with Crippen LogP contribution in [0.1, 0.15) is 24.2 Å². The summed E-state index contributed by atoms with van der Waals surface area (Å²) in [5.74, 6) is 0. The Morgan fingerprint density at radius 1 is 1.37 bits per heavy atom. The maximum atomic E-state index is 10.7. The van der Waals surface area contributed by atoms with Gasteiger partial charge >= 0.3 is 0 Å². The van der Waals surface area contributed by atoms with E-state index in [4.69, 9.17) is 0 Å². The van der Waals surface area contributed by atoms with Gasteiger partial charge in [-0.3, -0.25) is 20.1 Å². The Labute approximate surface area is 110 Å². The monoisotopic (exact) mass is 258 g/mol. The molecule has 0 saturated carbocycles. The van der Waals surface area contributed by atoms with E-state index >= 15 is 0 Å². The smallest absolute Gasteiger partial charge is 0.272 e. The lowest BCUT2D eigenvalue weighted by Gasteiger charge is -2.14. The van der Waals surface area contributed by atoms with E-state index in [-0.39, 0.29) is 16.7 Å². The number of hydrogen-bond donors (Lipinski definition) is 1. The van der Waals surface area contributed by atoms with Crippen molar-refractivity contribution < 1.29 is 4.92 Å². The topological polar surface area (TPSA) is 81.0 Å². The summed E-state index contributed by atoms with van der Waals surface area (Å²) in [6.07, 6.45) is 4.94. The van der Waals surface area contributed by atoms with Crippen molar-refractivity contribution in [1.82, 2.24) is 9.97 Å². The standard InChI is InChI=1S/C13H14N4O2/c1-9-7-11(3-4-13(9)17(18)19)16-10(2)12-8-14-5-6-15-12/h3-8,10,16H,1-2H3. The van der Waals surface area contributed by atoms with Gasteiger partial charge in [0, 0.05) is 29.7 Å². The van der Waals surface area contributed by atoms with Crippen LogP contribution in [-0.2, 0) is 0 Å². The zero-order valence-electron chi connectivity index (χ0n) is 10.7. The second kappa shape index (κ2) is 5.43. The highest BCUT2D eigenvalue weighted by Crippen LogP contribution is 2.24. The predicted molar refractivity (Wildman–Crippen MR) is 71.9 cm³/mol. The van der Waals surface area contributed by atoms with Crippen molar-refractivity contribution >= 4 is 11.4 Å². The van der Waals surface area contributed by atoms with Gasteiger partial charge in [0.05, 0.1) is 22.9 Å². The Morgan fingerprint density at radius 3 is 2.74 bits per heavy atom. The van der Waals surface area contributed by atoms with Gasteiger partial charge in [-0.2, -0.15) is 0 Å². The molecule has 0 aliphatic rings. The summed E-state index contributed by atoms with van der Waals surface area (Å²) in [5.41, 5.74) is 2.39. The normalized spacial score (nSPS) is 11.9. The van der Waals surface area contributed by atoms with E-state index in [1.807, 2.05) is 6.92 Å². The second-order valence-electron chi connectivity index (χ2n) is 4.25. The maximum absolute atomic E-state index is 10.7. The van der Waals surface area contributed by atoms with Crippen molar-refractivity contribution in [3.8, 4) is 0 Å². The van der Waals surface area contributed by atoms with Crippen LogP contribution >= 0.6 is 0 Å². The third kappa shape index (κ3) is 3.04. The van der Waals surface area contributed by atoms with Crippen LogP contribution in [0.3, 0.4) is 0 Å². The summed E-state index contributed by atoms with van der Waals surface area (Å²) in [4.78, 5) is 18.6. The molecule has 1 heterocycles. The Hall–Kier alpha value is -2.50. The van der Waals surface area contributed by atoms with Gasteiger partial charge in [-0.25, -0.2) is 0 Å². The zero-order valence-corrected chi connectivity index (χ0v) is 10.7. The van der Waals surface area contributed by atoms with Crippen molar-refractivity contribution in [2.45, 2.75) is 19.9 Å². The van der Waals surface area contributed by atoms with Gasteiger partial charge in [-0.05, 0) is 26.0 Å². The molecule has 0 radical (unpaired) electrons. The van der Waals surface area contributed by atoms with Crippen molar-refractivity contribution in [3.05, 3.63) is 58.2 Å². The van der Waals surface area contributed by atoms with Crippen molar-refractivity contribution in [2.24, 2.45) is 0 Å². The fraction of sp³-hybridized carbons (Fsp3) is 0.231. The number of nitro groups is 1. The lowest BCUT2D eigenvalue weighted by Crippen LogP contribution is -2.08. The third-order valence-corrected chi connectivity index (χ3v) is 2.80. The van der Waals surface area contributed by atoms with Gasteiger partial charge in [0.15, 0.2) is 0 Å².